The highest BCUT2D eigenvalue weighted by atomic mass is 35.5. The lowest BCUT2D eigenvalue weighted by Crippen LogP contribution is -2.44. The summed E-state index contributed by atoms with van der Waals surface area (Å²) in [6, 6.07) is 17.4. The van der Waals surface area contributed by atoms with Gasteiger partial charge in [0.2, 0.25) is 5.91 Å². The molecule has 0 saturated carbocycles. The number of nitrogens with one attached hydrogen (secondary N) is 1. The molecule has 4 rings (SSSR count). The molecule has 3 aromatic rings. The maximum Gasteiger partial charge on any atom is 0.225 e. The Labute approximate surface area is 175 Å². The zero-order valence-corrected chi connectivity index (χ0v) is 16.8. The third-order valence-electron chi connectivity index (χ3n) is 5.29. The van der Waals surface area contributed by atoms with Crippen LogP contribution < -0.4 is 10.2 Å². The van der Waals surface area contributed by atoms with Gasteiger partial charge in [-0.2, -0.15) is 0 Å². The van der Waals surface area contributed by atoms with E-state index in [1.807, 2.05) is 54.6 Å². The lowest BCUT2D eigenvalue weighted by Gasteiger charge is -2.33. The Balaban J connectivity index is 1.52. The maximum atomic E-state index is 13.2. The fraction of sp³-hybridized carbons (Fsp3) is 0.261. The van der Waals surface area contributed by atoms with Crippen LogP contribution in [0.2, 0.25) is 5.02 Å². The van der Waals surface area contributed by atoms with E-state index >= 15 is 0 Å². The van der Waals surface area contributed by atoms with E-state index < -0.39 is 0 Å². The summed E-state index contributed by atoms with van der Waals surface area (Å²) in [6.07, 6.45) is 6.91. The minimum Gasteiger partial charge on any atom is -0.355 e. The summed E-state index contributed by atoms with van der Waals surface area (Å²) >= 11 is 6.06. The maximum absolute atomic E-state index is 13.2. The lowest BCUT2D eigenvalue weighted by molar-refractivity contribution is -0.125. The van der Waals surface area contributed by atoms with E-state index in [4.69, 9.17) is 11.6 Å². The first-order chi connectivity index (χ1) is 14.2. The van der Waals surface area contributed by atoms with Crippen LogP contribution in [-0.2, 0) is 4.79 Å². The smallest absolute Gasteiger partial charge is 0.225 e. The topological polar surface area (TPSA) is 58.1 Å². The van der Waals surface area contributed by atoms with Crippen molar-refractivity contribution in [3.8, 4) is 0 Å². The molecule has 148 valence electrons. The van der Waals surface area contributed by atoms with Crippen molar-refractivity contribution in [1.82, 2.24) is 15.3 Å². The number of halogens is 1. The molecular formula is C23H23ClN4O. The Kier molecular flexibility index (Phi) is 6.06. The molecule has 0 unspecified atom stereocenters. The zero-order chi connectivity index (χ0) is 20.1. The second kappa shape index (κ2) is 9.05. The first-order valence-corrected chi connectivity index (χ1v) is 10.2. The van der Waals surface area contributed by atoms with Gasteiger partial charge in [0.05, 0.1) is 18.2 Å². The molecular weight excluding hydrogens is 384 g/mol. The van der Waals surface area contributed by atoms with Gasteiger partial charge < -0.3 is 10.2 Å². The summed E-state index contributed by atoms with van der Waals surface area (Å²) < 4.78 is 0. The Morgan fingerprint density at radius 2 is 1.83 bits per heavy atom. The molecule has 1 N–H and O–H groups in total. The fourth-order valence-electron chi connectivity index (χ4n) is 3.77. The largest absolute Gasteiger partial charge is 0.355 e. The van der Waals surface area contributed by atoms with Crippen LogP contribution in [0.15, 0.2) is 73.2 Å². The predicted molar refractivity (Wildman–Crippen MR) is 115 cm³/mol. The van der Waals surface area contributed by atoms with Crippen molar-refractivity contribution < 1.29 is 4.79 Å². The quantitative estimate of drug-likeness (QED) is 0.688. The molecule has 0 spiro atoms. The molecule has 0 bridgehead atoms. The van der Waals surface area contributed by atoms with Crippen LogP contribution in [0.4, 0.5) is 5.82 Å². The van der Waals surface area contributed by atoms with Gasteiger partial charge in [-0.1, -0.05) is 54.1 Å². The number of carbonyl (C=O) groups is 1. The Morgan fingerprint density at radius 1 is 1.07 bits per heavy atom. The molecule has 0 aliphatic carbocycles. The van der Waals surface area contributed by atoms with Crippen LogP contribution in [0, 0.1) is 5.92 Å². The average Bonchev–Trinajstić information content (AvgIpc) is 2.79. The molecule has 29 heavy (non-hydrogen) atoms. The molecule has 1 amide bonds. The van der Waals surface area contributed by atoms with Crippen molar-refractivity contribution >= 4 is 23.3 Å². The van der Waals surface area contributed by atoms with Crippen molar-refractivity contribution in [1.29, 1.82) is 0 Å². The third kappa shape index (κ3) is 4.74. The highest BCUT2D eigenvalue weighted by molar-refractivity contribution is 6.30. The number of amides is 1. The normalized spacial score (nSPS) is 17.6. The molecule has 1 aromatic heterocycles. The van der Waals surface area contributed by atoms with Crippen LogP contribution in [-0.4, -0.2) is 29.0 Å². The summed E-state index contributed by atoms with van der Waals surface area (Å²) in [6.45, 7) is 1.54. The van der Waals surface area contributed by atoms with E-state index in [-0.39, 0.29) is 17.9 Å². The van der Waals surface area contributed by atoms with E-state index in [2.05, 4.69) is 20.2 Å². The second-order valence-electron chi connectivity index (χ2n) is 7.25. The minimum atomic E-state index is -0.215. The lowest BCUT2D eigenvalue weighted by atomic mass is 9.94. The van der Waals surface area contributed by atoms with Gasteiger partial charge in [-0.3, -0.25) is 9.78 Å². The monoisotopic (exact) mass is 406 g/mol. The Bertz CT molecular complexity index is 934. The number of nitrogens with zero attached hydrogens (tertiary/aromatic N) is 3. The van der Waals surface area contributed by atoms with Crippen LogP contribution in [0.25, 0.3) is 0 Å². The average molecular weight is 407 g/mol. The standard InChI is InChI=1S/C23H23ClN4O/c24-20-10-8-18(9-11-20)22(17-5-2-1-3-6-17)27-23(29)19-7-4-14-28(16-19)21-15-25-12-13-26-21/h1-3,5-6,8-13,15,19,22H,4,7,14,16H2,(H,27,29)/t19-,22+/m1/s1. The summed E-state index contributed by atoms with van der Waals surface area (Å²) in [5.41, 5.74) is 2.06. The van der Waals surface area contributed by atoms with Crippen molar-refractivity contribution in [2.24, 2.45) is 5.92 Å². The van der Waals surface area contributed by atoms with Crippen molar-refractivity contribution in [2.75, 3.05) is 18.0 Å². The van der Waals surface area contributed by atoms with Crippen LogP contribution >= 0.6 is 11.6 Å². The Hall–Kier alpha value is -2.92. The number of hydrogen-bond donors (Lipinski definition) is 1. The van der Waals surface area contributed by atoms with Gasteiger partial charge >= 0.3 is 0 Å². The number of anilines is 1. The molecule has 2 heterocycles. The SMILES string of the molecule is O=C(N[C@@H](c1ccccc1)c1ccc(Cl)cc1)[C@@H]1CCCN(c2cnccn2)C1. The molecule has 1 aliphatic heterocycles. The van der Waals surface area contributed by atoms with Gasteiger partial charge in [0.25, 0.3) is 0 Å². The van der Waals surface area contributed by atoms with Crippen LogP contribution in [0.3, 0.4) is 0 Å². The molecule has 2 aromatic carbocycles. The first-order valence-electron chi connectivity index (χ1n) is 9.82. The fourth-order valence-corrected chi connectivity index (χ4v) is 3.90. The van der Waals surface area contributed by atoms with E-state index in [1.165, 1.54) is 0 Å². The third-order valence-corrected chi connectivity index (χ3v) is 5.54. The van der Waals surface area contributed by atoms with Crippen LogP contribution in [0.1, 0.15) is 30.0 Å². The molecule has 2 atom stereocenters. The Morgan fingerprint density at radius 3 is 2.55 bits per heavy atom. The van der Waals surface area contributed by atoms with Gasteiger partial charge in [-0.15, -0.1) is 0 Å². The number of rotatable bonds is 5. The van der Waals surface area contributed by atoms with Gasteiger partial charge in [0, 0.05) is 30.5 Å². The summed E-state index contributed by atoms with van der Waals surface area (Å²) in [7, 11) is 0. The molecule has 0 radical (unpaired) electrons. The van der Waals surface area contributed by atoms with Gasteiger partial charge in [-0.25, -0.2) is 4.98 Å². The van der Waals surface area contributed by atoms with Crippen molar-refractivity contribution in [2.45, 2.75) is 18.9 Å². The molecule has 5 nitrogen and oxygen atoms in total. The molecule has 1 saturated heterocycles. The molecule has 1 fully saturated rings. The summed E-state index contributed by atoms with van der Waals surface area (Å²) in [5, 5.41) is 3.95. The summed E-state index contributed by atoms with van der Waals surface area (Å²) in [5.74, 6) is 0.786. The number of carbonyl (C=O) groups excluding carboxylic acids is 1. The van der Waals surface area contributed by atoms with E-state index in [0.717, 1.165) is 36.3 Å². The first kappa shape index (κ1) is 19.4. The second-order valence-corrected chi connectivity index (χ2v) is 7.69. The highest BCUT2D eigenvalue weighted by Gasteiger charge is 2.28. The van der Waals surface area contributed by atoms with Crippen LogP contribution in [0.5, 0.6) is 0 Å². The van der Waals surface area contributed by atoms with E-state index in [9.17, 15) is 4.79 Å². The molecule has 1 aliphatic rings. The van der Waals surface area contributed by atoms with Gasteiger partial charge in [-0.05, 0) is 36.1 Å². The van der Waals surface area contributed by atoms with E-state index in [1.54, 1.807) is 18.6 Å². The van der Waals surface area contributed by atoms with Crippen molar-refractivity contribution in [3.63, 3.8) is 0 Å². The van der Waals surface area contributed by atoms with Gasteiger partial charge in [0.15, 0.2) is 0 Å². The molecule has 6 heteroatoms. The summed E-state index contributed by atoms with van der Waals surface area (Å²) in [4.78, 5) is 23.9. The number of benzene rings is 2. The van der Waals surface area contributed by atoms with E-state index in [0.29, 0.717) is 11.6 Å². The minimum absolute atomic E-state index is 0.0578. The predicted octanol–water partition coefficient (Wildman–Crippen LogP) is 4.25. The number of piperidine rings is 1. The number of hydrogen-bond acceptors (Lipinski definition) is 4. The van der Waals surface area contributed by atoms with Gasteiger partial charge in [0.1, 0.15) is 5.82 Å². The number of aromatic nitrogens is 2. The zero-order valence-electron chi connectivity index (χ0n) is 16.0. The van der Waals surface area contributed by atoms with Crippen molar-refractivity contribution in [3.05, 3.63) is 89.3 Å². The highest BCUT2D eigenvalue weighted by Crippen LogP contribution is 2.26.